The highest BCUT2D eigenvalue weighted by Gasteiger charge is 2.28. The number of anilines is 1. The van der Waals surface area contributed by atoms with E-state index in [4.69, 9.17) is 22.1 Å². The van der Waals surface area contributed by atoms with Gasteiger partial charge in [0.1, 0.15) is 18.2 Å². The van der Waals surface area contributed by atoms with Crippen molar-refractivity contribution in [3.8, 4) is 17.0 Å². The summed E-state index contributed by atoms with van der Waals surface area (Å²) in [5, 5.41) is 6.91. The lowest BCUT2D eigenvalue weighted by Crippen LogP contribution is -2.42. The molecule has 2 heterocycles. The third-order valence-electron chi connectivity index (χ3n) is 5.84. The standard InChI is InChI=1S/C24H25ClFN5O3/c1-30-20(8-9-28-30)17-14-16(29-24(33)15-4-6-19(26)18(25)13-15)5-7-22(17)34-12-11-31-10-2-3-21(31)23(27)32/h4-9,13-14,21H,2-3,10-12H2,1H3,(H2,27,32)(H,29,33). The van der Waals surface area contributed by atoms with E-state index < -0.39 is 11.7 Å². The molecule has 1 unspecified atom stereocenters. The van der Waals surface area contributed by atoms with Gasteiger partial charge in [0.15, 0.2) is 0 Å². The summed E-state index contributed by atoms with van der Waals surface area (Å²) >= 11 is 5.80. The third-order valence-corrected chi connectivity index (χ3v) is 6.13. The Morgan fingerprint density at radius 3 is 2.79 bits per heavy atom. The van der Waals surface area contributed by atoms with Crippen LogP contribution in [0.15, 0.2) is 48.7 Å². The number of ether oxygens (including phenoxy) is 1. The number of aryl methyl sites for hydroxylation is 1. The molecule has 1 aliphatic rings. The van der Waals surface area contributed by atoms with E-state index in [1.807, 2.05) is 18.0 Å². The van der Waals surface area contributed by atoms with Gasteiger partial charge in [0.2, 0.25) is 5.91 Å². The van der Waals surface area contributed by atoms with Gasteiger partial charge in [-0.05, 0) is 61.9 Å². The maximum Gasteiger partial charge on any atom is 0.255 e. The molecule has 178 valence electrons. The molecule has 3 aromatic rings. The van der Waals surface area contributed by atoms with Gasteiger partial charge in [-0.25, -0.2) is 4.39 Å². The number of nitrogens with two attached hydrogens (primary N) is 1. The molecular weight excluding hydrogens is 461 g/mol. The van der Waals surface area contributed by atoms with Crippen LogP contribution in [0.3, 0.4) is 0 Å². The van der Waals surface area contributed by atoms with E-state index in [2.05, 4.69) is 10.4 Å². The van der Waals surface area contributed by atoms with Crippen LogP contribution in [0.4, 0.5) is 10.1 Å². The Hall–Kier alpha value is -3.43. The number of carbonyl (C=O) groups is 2. The second-order valence-electron chi connectivity index (χ2n) is 8.08. The van der Waals surface area contributed by atoms with E-state index in [-0.39, 0.29) is 22.5 Å². The molecule has 2 aromatic carbocycles. The molecule has 0 bridgehead atoms. The summed E-state index contributed by atoms with van der Waals surface area (Å²) in [6.07, 6.45) is 3.37. The molecule has 0 spiro atoms. The Kier molecular flexibility index (Phi) is 7.14. The summed E-state index contributed by atoms with van der Waals surface area (Å²) in [6.45, 7) is 1.75. The summed E-state index contributed by atoms with van der Waals surface area (Å²) in [5.41, 5.74) is 7.80. The highest BCUT2D eigenvalue weighted by molar-refractivity contribution is 6.31. The van der Waals surface area contributed by atoms with E-state index >= 15 is 0 Å². The lowest BCUT2D eigenvalue weighted by atomic mass is 10.1. The maximum atomic E-state index is 13.4. The molecule has 34 heavy (non-hydrogen) atoms. The number of nitrogens with one attached hydrogen (secondary N) is 1. The Balaban J connectivity index is 1.52. The number of amides is 2. The zero-order chi connectivity index (χ0) is 24.2. The van der Waals surface area contributed by atoms with Crippen LogP contribution in [0, 0.1) is 5.82 Å². The number of likely N-dealkylation sites (tertiary alicyclic amines) is 1. The van der Waals surface area contributed by atoms with Gasteiger partial charge < -0.3 is 15.8 Å². The molecular formula is C24H25ClFN5O3. The molecule has 1 aromatic heterocycles. The van der Waals surface area contributed by atoms with Crippen molar-refractivity contribution in [2.24, 2.45) is 12.8 Å². The molecule has 10 heteroatoms. The van der Waals surface area contributed by atoms with E-state index in [0.717, 1.165) is 36.7 Å². The third kappa shape index (κ3) is 5.21. The summed E-state index contributed by atoms with van der Waals surface area (Å²) in [5.74, 6) is -0.704. The van der Waals surface area contributed by atoms with E-state index in [9.17, 15) is 14.0 Å². The lowest BCUT2D eigenvalue weighted by Gasteiger charge is -2.22. The van der Waals surface area contributed by atoms with Crippen LogP contribution in [-0.4, -0.2) is 52.2 Å². The van der Waals surface area contributed by atoms with Gasteiger partial charge in [-0.1, -0.05) is 11.6 Å². The molecule has 4 rings (SSSR count). The highest BCUT2D eigenvalue weighted by atomic mass is 35.5. The molecule has 3 N–H and O–H groups in total. The van der Waals surface area contributed by atoms with Gasteiger partial charge in [0.05, 0.1) is 16.8 Å². The number of hydrogen-bond donors (Lipinski definition) is 2. The number of rotatable bonds is 8. The van der Waals surface area contributed by atoms with Crippen LogP contribution in [0.1, 0.15) is 23.2 Å². The Labute approximate surface area is 201 Å². The number of primary amides is 1. The topological polar surface area (TPSA) is 102 Å². The summed E-state index contributed by atoms with van der Waals surface area (Å²) in [7, 11) is 1.81. The van der Waals surface area contributed by atoms with Gasteiger partial charge >= 0.3 is 0 Å². The number of nitrogens with zero attached hydrogens (tertiary/aromatic N) is 3. The number of hydrogen-bond acceptors (Lipinski definition) is 5. The van der Waals surface area contributed by atoms with Crippen LogP contribution in [0.5, 0.6) is 5.75 Å². The summed E-state index contributed by atoms with van der Waals surface area (Å²) in [4.78, 5) is 26.3. The first-order chi connectivity index (χ1) is 16.3. The Bertz CT molecular complexity index is 1220. The average molecular weight is 486 g/mol. The van der Waals surface area contributed by atoms with E-state index in [1.54, 1.807) is 29.1 Å². The van der Waals surface area contributed by atoms with Crippen molar-refractivity contribution in [3.05, 3.63) is 65.1 Å². The van der Waals surface area contributed by atoms with Gasteiger partial charge in [-0.15, -0.1) is 0 Å². The minimum atomic E-state index is -0.589. The maximum absolute atomic E-state index is 13.4. The van der Waals surface area contributed by atoms with Crippen molar-refractivity contribution < 1.29 is 18.7 Å². The van der Waals surface area contributed by atoms with Crippen molar-refractivity contribution in [2.75, 3.05) is 25.0 Å². The Morgan fingerprint density at radius 1 is 1.26 bits per heavy atom. The molecule has 0 aliphatic carbocycles. The molecule has 0 radical (unpaired) electrons. The van der Waals surface area contributed by atoms with Crippen LogP contribution in [-0.2, 0) is 11.8 Å². The van der Waals surface area contributed by atoms with Crippen molar-refractivity contribution in [1.82, 2.24) is 14.7 Å². The zero-order valence-corrected chi connectivity index (χ0v) is 19.4. The van der Waals surface area contributed by atoms with Crippen LogP contribution < -0.4 is 15.8 Å². The predicted molar refractivity (Wildman–Crippen MR) is 127 cm³/mol. The van der Waals surface area contributed by atoms with Gasteiger partial charge in [0.25, 0.3) is 5.91 Å². The monoisotopic (exact) mass is 485 g/mol. The number of halogens is 2. The minimum absolute atomic E-state index is 0.122. The Morgan fingerprint density at radius 2 is 2.09 bits per heavy atom. The first-order valence-corrected chi connectivity index (χ1v) is 11.3. The van der Waals surface area contributed by atoms with Crippen LogP contribution in [0.2, 0.25) is 5.02 Å². The van der Waals surface area contributed by atoms with Gasteiger partial charge in [-0.2, -0.15) is 5.10 Å². The molecule has 1 atom stereocenters. The van der Waals surface area contributed by atoms with Gasteiger partial charge in [0, 0.05) is 36.6 Å². The fourth-order valence-corrected chi connectivity index (χ4v) is 4.28. The second kappa shape index (κ2) is 10.2. The van der Waals surface area contributed by atoms with E-state index in [1.165, 1.54) is 12.1 Å². The zero-order valence-electron chi connectivity index (χ0n) is 18.6. The molecule has 1 aliphatic heterocycles. The summed E-state index contributed by atoms with van der Waals surface area (Å²) in [6, 6.07) is 10.7. The molecule has 1 saturated heterocycles. The normalized spacial score (nSPS) is 15.9. The minimum Gasteiger partial charge on any atom is -0.492 e. The SMILES string of the molecule is Cn1nccc1-c1cc(NC(=O)c2ccc(F)c(Cl)c2)ccc1OCCN1CCCC1C(N)=O. The van der Waals surface area contributed by atoms with Crippen molar-refractivity contribution in [2.45, 2.75) is 18.9 Å². The second-order valence-corrected chi connectivity index (χ2v) is 8.49. The lowest BCUT2D eigenvalue weighted by molar-refractivity contribution is -0.122. The predicted octanol–water partition coefficient (Wildman–Crippen LogP) is 3.46. The van der Waals surface area contributed by atoms with Crippen molar-refractivity contribution in [1.29, 1.82) is 0 Å². The number of carbonyl (C=O) groups excluding carboxylic acids is 2. The fraction of sp³-hybridized carbons (Fsp3) is 0.292. The van der Waals surface area contributed by atoms with Crippen LogP contribution >= 0.6 is 11.6 Å². The highest BCUT2D eigenvalue weighted by Crippen LogP contribution is 2.33. The molecule has 1 fully saturated rings. The first-order valence-electron chi connectivity index (χ1n) is 10.9. The van der Waals surface area contributed by atoms with Crippen molar-refractivity contribution in [3.63, 3.8) is 0 Å². The van der Waals surface area contributed by atoms with E-state index in [0.29, 0.717) is 24.6 Å². The van der Waals surface area contributed by atoms with Gasteiger partial charge in [-0.3, -0.25) is 19.2 Å². The largest absolute Gasteiger partial charge is 0.492 e. The number of aromatic nitrogens is 2. The number of benzene rings is 2. The smallest absolute Gasteiger partial charge is 0.255 e. The fourth-order valence-electron chi connectivity index (χ4n) is 4.10. The quantitative estimate of drug-likeness (QED) is 0.508. The van der Waals surface area contributed by atoms with Crippen molar-refractivity contribution >= 4 is 29.1 Å². The molecule has 2 amide bonds. The van der Waals surface area contributed by atoms with Crippen LogP contribution in [0.25, 0.3) is 11.3 Å². The molecule has 8 nitrogen and oxygen atoms in total. The first kappa shape index (κ1) is 23.7. The average Bonchev–Trinajstić information content (AvgIpc) is 3.45. The molecule has 0 saturated carbocycles. The summed E-state index contributed by atoms with van der Waals surface area (Å²) < 4.78 is 21.2.